The normalized spacial score (nSPS) is 10.8. The van der Waals surface area contributed by atoms with Crippen LogP contribution in [-0.2, 0) is 0 Å². The summed E-state index contributed by atoms with van der Waals surface area (Å²) in [5.41, 5.74) is 7.43. The van der Waals surface area contributed by atoms with Gasteiger partial charge in [-0.2, -0.15) is 0 Å². The number of nitrogens with zero attached hydrogens (tertiary/aromatic N) is 1. The van der Waals surface area contributed by atoms with E-state index in [1.165, 1.54) is 18.2 Å². The molecule has 0 saturated heterocycles. The highest BCUT2D eigenvalue weighted by Gasteiger charge is 2.15. The summed E-state index contributed by atoms with van der Waals surface area (Å²) in [4.78, 5) is 4.27. The van der Waals surface area contributed by atoms with Gasteiger partial charge in [0.2, 0.25) is 5.89 Å². The number of ether oxygens (including phenoxy) is 1. The van der Waals surface area contributed by atoms with E-state index in [2.05, 4.69) is 4.98 Å². The van der Waals surface area contributed by atoms with Gasteiger partial charge in [0.1, 0.15) is 11.6 Å². The van der Waals surface area contributed by atoms with Gasteiger partial charge in [0.25, 0.3) is 0 Å². The Bertz CT molecular complexity index is 752. The zero-order chi connectivity index (χ0) is 13.4. The fraction of sp³-hybridized carbons (Fsp3) is 0.0714. The average molecular weight is 258 g/mol. The summed E-state index contributed by atoms with van der Waals surface area (Å²) < 4.78 is 24.5. The number of halogens is 1. The lowest BCUT2D eigenvalue weighted by Crippen LogP contribution is -1.89. The summed E-state index contributed by atoms with van der Waals surface area (Å²) in [7, 11) is 1.55. The van der Waals surface area contributed by atoms with Crippen LogP contribution in [0, 0.1) is 5.82 Å². The molecule has 0 amide bonds. The molecular formula is C14H11FN2O2. The monoisotopic (exact) mass is 258 g/mol. The summed E-state index contributed by atoms with van der Waals surface area (Å²) in [5, 5.41) is 0. The Morgan fingerprint density at radius 1 is 1.26 bits per heavy atom. The van der Waals surface area contributed by atoms with Crippen molar-refractivity contribution in [2.75, 3.05) is 12.8 Å². The summed E-state index contributed by atoms with van der Waals surface area (Å²) in [6.07, 6.45) is 0. The summed E-state index contributed by atoms with van der Waals surface area (Å²) >= 11 is 0. The number of nitrogen functional groups attached to an aromatic ring is 1. The Morgan fingerprint density at radius 3 is 2.89 bits per heavy atom. The number of rotatable bonds is 2. The standard InChI is InChI=1S/C14H11FN2O2/c1-18-11-3-2-4-12-13(11)17-14(19-12)9-7-8(16)5-6-10(9)15/h2-7H,16H2,1H3. The van der Waals surface area contributed by atoms with Crippen LogP contribution in [0.25, 0.3) is 22.6 Å². The molecule has 0 atom stereocenters. The smallest absolute Gasteiger partial charge is 0.230 e. The summed E-state index contributed by atoms with van der Waals surface area (Å²) in [6.45, 7) is 0. The number of hydrogen-bond donors (Lipinski definition) is 1. The van der Waals surface area contributed by atoms with E-state index < -0.39 is 5.82 Å². The number of methoxy groups -OCH3 is 1. The lowest BCUT2D eigenvalue weighted by Gasteiger charge is -1.99. The van der Waals surface area contributed by atoms with Gasteiger partial charge in [-0.3, -0.25) is 0 Å². The van der Waals surface area contributed by atoms with E-state index in [-0.39, 0.29) is 11.5 Å². The van der Waals surface area contributed by atoms with Gasteiger partial charge in [0.15, 0.2) is 11.1 Å². The molecule has 96 valence electrons. The van der Waals surface area contributed by atoms with Gasteiger partial charge in [-0.25, -0.2) is 9.37 Å². The highest BCUT2D eigenvalue weighted by molar-refractivity contribution is 5.82. The van der Waals surface area contributed by atoms with Crippen molar-refractivity contribution >= 4 is 16.8 Å². The molecule has 2 N–H and O–H groups in total. The van der Waals surface area contributed by atoms with Gasteiger partial charge < -0.3 is 14.9 Å². The quantitative estimate of drug-likeness (QED) is 0.717. The fourth-order valence-electron chi connectivity index (χ4n) is 1.91. The van der Waals surface area contributed by atoms with E-state index in [9.17, 15) is 4.39 Å². The van der Waals surface area contributed by atoms with Gasteiger partial charge in [-0.05, 0) is 30.3 Å². The lowest BCUT2D eigenvalue weighted by atomic mass is 10.2. The van der Waals surface area contributed by atoms with Crippen LogP contribution in [0.15, 0.2) is 40.8 Å². The molecule has 1 aromatic heterocycles. The summed E-state index contributed by atoms with van der Waals surface area (Å²) in [6, 6.07) is 9.57. The average Bonchev–Trinajstić information content (AvgIpc) is 2.85. The molecule has 3 aromatic rings. The minimum atomic E-state index is -0.431. The molecule has 0 bridgehead atoms. The predicted molar refractivity (Wildman–Crippen MR) is 70.4 cm³/mol. The van der Waals surface area contributed by atoms with Crippen LogP contribution in [0.5, 0.6) is 5.75 Å². The molecule has 3 rings (SSSR count). The number of hydrogen-bond acceptors (Lipinski definition) is 4. The van der Waals surface area contributed by atoms with Crippen molar-refractivity contribution in [1.82, 2.24) is 4.98 Å². The van der Waals surface area contributed by atoms with E-state index in [0.717, 1.165) is 0 Å². The maximum atomic E-state index is 13.8. The van der Waals surface area contributed by atoms with E-state index in [1.54, 1.807) is 25.3 Å². The van der Waals surface area contributed by atoms with Crippen molar-refractivity contribution in [1.29, 1.82) is 0 Å². The molecular weight excluding hydrogens is 247 g/mol. The maximum absolute atomic E-state index is 13.8. The third kappa shape index (κ3) is 1.89. The Kier molecular flexibility index (Phi) is 2.59. The van der Waals surface area contributed by atoms with Gasteiger partial charge >= 0.3 is 0 Å². The van der Waals surface area contributed by atoms with Crippen molar-refractivity contribution in [3.05, 3.63) is 42.2 Å². The minimum Gasteiger partial charge on any atom is -0.494 e. The largest absolute Gasteiger partial charge is 0.494 e. The van der Waals surface area contributed by atoms with E-state index in [1.807, 2.05) is 0 Å². The third-order valence-electron chi connectivity index (χ3n) is 2.82. The third-order valence-corrected chi connectivity index (χ3v) is 2.82. The molecule has 4 nitrogen and oxygen atoms in total. The van der Waals surface area contributed by atoms with E-state index in [4.69, 9.17) is 14.9 Å². The van der Waals surface area contributed by atoms with Crippen molar-refractivity contribution in [2.24, 2.45) is 0 Å². The zero-order valence-corrected chi connectivity index (χ0v) is 10.2. The molecule has 0 aliphatic carbocycles. The number of fused-ring (bicyclic) bond motifs is 1. The molecule has 1 heterocycles. The molecule has 0 saturated carbocycles. The molecule has 0 fully saturated rings. The molecule has 19 heavy (non-hydrogen) atoms. The van der Waals surface area contributed by atoms with Crippen LogP contribution in [0.4, 0.5) is 10.1 Å². The minimum absolute atomic E-state index is 0.185. The number of benzene rings is 2. The SMILES string of the molecule is COc1cccc2oc(-c3cc(N)ccc3F)nc12. The first-order valence-corrected chi connectivity index (χ1v) is 5.68. The predicted octanol–water partition coefficient (Wildman–Crippen LogP) is 3.22. The van der Waals surface area contributed by atoms with E-state index >= 15 is 0 Å². The molecule has 0 radical (unpaired) electrons. The van der Waals surface area contributed by atoms with Crippen LogP contribution in [0.1, 0.15) is 0 Å². The van der Waals surface area contributed by atoms with Crippen molar-refractivity contribution < 1.29 is 13.5 Å². The molecule has 2 aromatic carbocycles. The van der Waals surface area contributed by atoms with Gasteiger partial charge in [-0.15, -0.1) is 0 Å². The Morgan fingerprint density at radius 2 is 2.11 bits per heavy atom. The van der Waals surface area contributed by atoms with Gasteiger partial charge in [-0.1, -0.05) is 6.07 Å². The number of anilines is 1. The second-order valence-corrected chi connectivity index (χ2v) is 4.07. The molecule has 0 aliphatic heterocycles. The topological polar surface area (TPSA) is 61.3 Å². The molecule has 0 unspecified atom stereocenters. The second-order valence-electron chi connectivity index (χ2n) is 4.07. The highest BCUT2D eigenvalue weighted by Crippen LogP contribution is 2.31. The van der Waals surface area contributed by atoms with Gasteiger partial charge in [0.05, 0.1) is 12.7 Å². The first-order chi connectivity index (χ1) is 9.19. The van der Waals surface area contributed by atoms with Crippen LogP contribution in [0.3, 0.4) is 0 Å². The fourth-order valence-corrected chi connectivity index (χ4v) is 1.91. The molecule has 0 aliphatic rings. The van der Waals surface area contributed by atoms with Crippen molar-refractivity contribution in [3.8, 4) is 17.2 Å². The Balaban J connectivity index is 2.23. The van der Waals surface area contributed by atoms with Crippen LogP contribution >= 0.6 is 0 Å². The maximum Gasteiger partial charge on any atom is 0.230 e. The number of nitrogens with two attached hydrogens (primary N) is 1. The van der Waals surface area contributed by atoms with E-state index in [0.29, 0.717) is 22.5 Å². The van der Waals surface area contributed by atoms with Crippen LogP contribution in [-0.4, -0.2) is 12.1 Å². The van der Waals surface area contributed by atoms with Crippen molar-refractivity contribution in [3.63, 3.8) is 0 Å². The number of aromatic nitrogens is 1. The van der Waals surface area contributed by atoms with Crippen molar-refractivity contribution in [2.45, 2.75) is 0 Å². The van der Waals surface area contributed by atoms with Crippen LogP contribution < -0.4 is 10.5 Å². The number of oxazole rings is 1. The molecule has 5 heteroatoms. The number of para-hydroxylation sites is 1. The zero-order valence-electron chi connectivity index (χ0n) is 10.2. The Hall–Kier alpha value is -2.56. The second kappa shape index (κ2) is 4.28. The summed E-state index contributed by atoms with van der Waals surface area (Å²) in [5.74, 6) is 0.334. The first-order valence-electron chi connectivity index (χ1n) is 5.68. The Labute approximate surface area is 108 Å². The van der Waals surface area contributed by atoms with Crippen LogP contribution in [0.2, 0.25) is 0 Å². The highest BCUT2D eigenvalue weighted by atomic mass is 19.1. The van der Waals surface area contributed by atoms with Gasteiger partial charge in [0, 0.05) is 5.69 Å². The first kappa shape index (κ1) is 11.5. The lowest BCUT2D eigenvalue weighted by molar-refractivity contribution is 0.419. The molecule has 0 spiro atoms.